The van der Waals surface area contributed by atoms with E-state index in [1.54, 1.807) is 0 Å². The number of phenols is 2. The van der Waals surface area contributed by atoms with Crippen molar-refractivity contribution in [3.63, 3.8) is 0 Å². The topological polar surface area (TPSA) is 40.5 Å². The molecule has 2 nitrogen and oxygen atoms in total. The first-order chi connectivity index (χ1) is 25.3. The highest BCUT2D eigenvalue weighted by atomic mass is 16.3. The Balaban J connectivity index is 0.0000146. The van der Waals surface area contributed by atoms with E-state index in [1.165, 1.54) is 63.8 Å². The van der Waals surface area contributed by atoms with E-state index >= 15 is 0 Å². The first kappa shape index (κ1) is 45.4. The average molecular weight is 723 g/mol. The lowest BCUT2D eigenvalue weighted by molar-refractivity contribution is 0.461. The van der Waals surface area contributed by atoms with Crippen molar-refractivity contribution in [2.24, 2.45) is 0 Å². The lowest BCUT2D eigenvalue weighted by atomic mass is 9.95. The monoisotopic (exact) mass is 723 g/mol. The fourth-order valence-electron chi connectivity index (χ4n) is 6.69. The summed E-state index contributed by atoms with van der Waals surface area (Å²) in [6.07, 6.45) is 35.5. The van der Waals surface area contributed by atoms with Gasteiger partial charge >= 0.3 is 0 Å². The Morgan fingerprint density at radius 1 is 0.434 bits per heavy atom. The molecule has 294 valence electrons. The quantitative estimate of drug-likeness (QED) is 0.0885. The van der Waals surface area contributed by atoms with Crippen molar-refractivity contribution in [1.29, 1.82) is 0 Å². The fraction of sp³-hybridized carbons (Fsp3) is 0.490. The zero-order valence-corrected chi connectivity index (χ0v) is 35.4. The van der Waals surface area contributed by atoms with Gasteiger partial charge in [0.25, 0.3) is 0 Å². The standard InChI is InChI=1S/C51H74O2.2H2/c1-38(2)20-13-21-39(3)22-14-23-40(4)24-15-25-41(5)26-16-27-42(6)28-17-29-43(7)30-18-31-44(8)32-19-33-45(9)36-37-47-46(10)50(52)48-34-11-12-35-49(48)51(47)53;;/h11-12,20,22,24,26,28,30,32,34-36,52-53H,13-19,21,23,25,27,29,31,33,37H2,1-10H3;2*1H/b39-22+,40-24+,41-26+,42-28+,43-30+,44-32+,45-36+;;. The summed E-state index contributed by atoms with van der Waals surface area (Å²) in [4.78, 5) is 0. The summed E-state index contributed by atoms with van der Waals surface area (Å²) in [5, 5.41) is 23.0. The van der Waals surface area contributed by atoms with Gasteiger partial charge in [-0.25, -0.2) is 0 Å². The maximum atomic E-state index is 10.9. The zero-order chi connectivity index (χ0) is 39.2. The molecule has 0 amide bonds. The van der Waals surface area contributed by atoms with Gasteiger partial charge in [-0.1, -0.05) is 117 Å². The maximum Gasteiger partial charge on any atom is 0.127 e. The molecular weight excluding hydrogens is 645 g/mol. The van der Waals surface area contributed by atoms with E-state index in [0.717, 1.165) is 81.8 Å². The normalized spacial score (nSPS) is 14.0. The molecule has 0 bridgehead atoms. The minimum absolute atomic E-state index is 0. The summed E-state index contributed by atoms with van der Waals surface area (Å²) >= 11 is 0. The molecule has 0 heterocycles. The molecule has 2 aromatic rings. The zero-order valence-electron chi connectivity index (χ0n) is 35.4. The Bertz CT molecular complexity index is 1700. The van der Waals surface area contributed by atoms with Gasteiger partial charge in [-0.05, 0) is 171 Å². The molecular formula is C51H78O2. The van der Waals surface area contributed by atoms with Crippen LogP contribution in [0, 0.1) is 6.92 Å². The van der Waals surface area contributed by atoms with Crippen LogP contribution in [0.5, 0.6) is 11.5 Å². The molecule has 2 N–H and O–H groups in total. The number of aromatic hydroxyl groups is 2. The predicted molar refractivity (Wildman–Crippen MR) is 240 cm³/mol. The Labute approximate surface area is 328 Å². The van der Waals surface area contributed by atoms with Crippen molar-refractivity contribution in [2.45, 2.75) is 166 Å². The lowest BCUT2D eigenvalue weighted by Crippen LogP contribution is -1.92. The first-order valence-electron chi connectivity index (χ1n) is 20.4. The molecule has 53 heavy (non-hydrogen) atoms. The van der Waals surface area contributed by atoms with Crippen molar-refractivity contribution in [3.05, 3.63) is 129 Å². The molecule has 0 aliphatic rings. The summed E-state index contributed by atoms with van der Waals surface area (Å²) in [7, 11) is 0. The van der Waals surface area contributed by atoms with Gasteiger partial charge in [0.15, 0.2) is 0 Å². The smallest absolute Gasteiger partial charge is 0.127 e. The van der Waals surface area contributed by atoms with Gasteiger partial charge < -0.3 is 10.2 Å². The van der Waals surface area contributed by atoms with Crippen LogP contribution in [0.15, 0.2) is 117 Å². The molecule has 0 aromatic heterocycles. The van der Waals surface area contributed by atoms with Crippen LogP contribution in [0.1, 0.15) is 166 Å². The number of hydrogen-bond acceptors (Lipinski definition) is 2. The fourth-order valence-corrected chi connectivity index (χ4v) is 6.69. The predicted octanol–water partition coefficient (Wildman–Crippen LogP) is 16.6. The summed E-state index contributed by atoms with van der Waals surface area (Å²) in [5.74, 6) is 0.549. The van der Waals surface area contributed by atoms with Crippen LogP contribution in [0.3, 0.4) is 0 Å². The van der Waals surface area contributed by atoms with Gasteiger partial charge in [-0.3, -0.25) is 0 Å². The van der Waals surface area contributed by atoms with Crippen LogP contribution in [0.2, 0.25) is 0 Å². The summed E-state index contributed by atoms with van der Waals surface area (Å²) in [5.41, 5.74) is 13.3. The molecule has 2 heteroatoms. The largest absolute Gasteiger partial charge is 0.507 e. The van der Waals surface area contributed by atoms with Crippen LogP contribution in [-0.2, 0) is 6.42 Å². The van der Waals surface area contributed by atoms with Gasteiger partial charge in [0, 0.05) is 19.2 Å². The van der Waals surface area contributed by atoms with Crippen molar-refractivity contribution in [2.75, 3.05) is 0 Å². The number of rotatable bonds is 23. The van der Waals surface area contributed by atoms with Crippen LogP contribution in [-0.4, -0.2) is 10.2 Å². The van der Waals surface area contributed by atoms with Crippen LogP contribution in [0.4, 0.5) is 0 Å². The van der Waals surface area contributed by atoms with Gasteiger partial charge in [0.05, 0.1) is 0 Å². The molecule has 0 aliphatic carbocycles. The molecule has 0 saturated carbocycles. The average Bonchev–Trinajstić information content (AvgIpc) is 3.10. The summed E-state index contributed by atoms with van der Waals surface area (Å²) < 4.78 is 0. The van der Waals surface area contributed by atoms with Gasteiger partial charge in [0.2, 0.25) is 0 Å². The molecule has 2 aromatic carbocycles. The van der Waals surface area contributed by atoms with Crippen LogP contribution in [0.25, 0.3) is 10.8 Å². The number of benzene rings is 2. The van der Waals surface area contributed by atoms with Gasteiger partial charge in [-0.15, -0.1) is 0 Å². The third-order valence-corrected chi connectivity index (χ3v) is 10.5. The highest BCUT2D eigenvalue weighted by molar-refractivity contribution is 5.95. The van der Waals surface area contributed by atoms with Crippen molar-refractivity contribution in [3.8, 4) is 11.5 Å². The van der Waals surface area contributed by atoms with E-state index in [0.29, 0.717) is 17.2 Å². The number of phenolic OH excluding ortho intramolecular Hbond substituents is 2. The van der Waals surface area contributed by atoms with E-state index < -0.39 is 0 Å². The molecule has 0 aliphatic heterocycles. The number of allylic oxidation sites excluding steroid dienone is 16. The van der Waals surface area contributed by atoms with E-state index in [1.807, 2.05) is 31.2 Å². The Hall–Kier alpha value is -3.78. The van der Waals surface area contributed by atoms with Crippen molar-refractivity contribution < 1.29 is 13.1 Å². The second-order valence-electron chi connectivity index (χ2n) is 16.0. The minimum atomic E-state index is 0. The van der Waals surface area contributed by atoms with E-state index in [-0.39, 0.29) is 14.4 Å². The van der Waals surface area contributed by atoms with Crippen molar-refractivity contribution >= 4 is 10.8 Å². The van der Waals surface area contributed by atoms with E-state index in [4.69, 9.17) is 0 Å². The summed E-state index contributed by atoms with van der Waals surface area (Å²) in [6, 6.07) is 7.50. The third-order valence-electron chi connectivity index (χ3n) is 10.5. The summed E-state index contributed by atoms with van der Waals surface area (Å²) in [6.45, 7) is 22.1. The van der Waals surface area contributed by atoms with Crippen LogP contribution < -0.4 is 0 Å². The van der Waals surface area contributed by atoms with Crippen LogP contribution >= 0.6 is 0 Å². The second kappa shape index (κ2) is 25.3. The first-order valence-corrected chi connectivity index (χ1v) is 20.4. The highest BCUT2D eigenvalue weighted by Crippen LogP contribution is 2.39. The SMILES string of the molecule is CC(C)=CCC/C(C)=C/CC/C(C)=C/CC/C(C)=C/CC/C(C)=C/CC/C(C)=C/CC/C(C)=C/CC/C(C)=C/Cc1c(C)c(O)c2ccccc2c1O.[HH].[HH]. The third kappa shape index (κ3) is 18.7. The van der Waals surface area contributed by atoms with Gasteiger partial charge in [-0.2, -0.15) is 0 Å². The Kier molecular flexibility index (Phi) is 21.6. The molecule has 2 rings (SSSR count). The number of hydrogen-bond donors (Lipinski definition) is 2. The molecule has 0 spiro atoms. The minimum Gasteiger partial charge on any atom is -0.507 e. The maximum absolute atomic E-state index is 10.9. The Morgan fingerprint density at radius 3 is 1.04 bits per heavy atom. The van der Waals surface area contributed by atoms with Gasteiger partial charge in [0.1, 0.15) is 11.5 Å². The molecule has 0 fully saturated rings. The molecule has 0 radical (unpaired) electrons. The lowest BCUT2D eigenvalue weighted by Gasteiger charge is -2.13. The molecule has 0 unspecified atom stereocenters. The van der Waals surface area contributed by atoms with E-state index in [2.05, 4.69) is 111 Å². The molecule has 0 saturated heterocycles. The van der Waals surface area contributed by atoms with Crippen molar-refractivity contribution in [1.82, 2.24) is 0 Å². The van der Waals surface area contributed by atoms with E-state index in [9.17, 15) is 10.2 Å². The Morgan fingerprint density at radius 2 is 0.717 bits per heavy atom. The highest BCUT2D eigenvalue weighted by Gasteiger charge is 2.14. The second-order valence-corrected chi connectivity index (χ2v) is 16.0. The molecule has 0 atom stereocenters. The number of fused-ring (bicyclic) bond motifs is 1.